The molecule has 0 aliphatic carbocycles. The van der Waals surface area contributed by atoms with E-state index in [4.69, 9.17) is 0 Å². The molecule has 5 heteroatoms. The number of nitrogens with zero attached hydrogens (tertiary/aromatic N) is 3. The summed E-state index contributed by atoms with van der Waals surface area (Å²) in [6, 6.07) is -0.326. The van der Waals surface area contributed by atoms with Gasteiger partial charge in [0.25, 0.3) is 0 Å². The molecule has 0 N–H and O–H groups in total. The molecule has 3 aliphatic heterocycles. The fraction of sp³-hybridized carbons (Fsp3) is 0.154. The van der Waals surface area contributed by atoms with Gasteiger partial charge in [-0.2, -0.15) is 4.74 Å². The van der Waals surface area contributed by atoms with Gasteiger partial charge < -0.3 is 10.1 Å². The minimum atomic E-state index is -0.326. The first-order valence-electron chi connectivity index (χ1n) is 5.65. The zero-order valence-electron chi connectivity index (χ0n) is 9.56. The van der Waals surface area contributed by atoms with Crippen molar-refractivity contribution in [3.05, 3.63) is 53.2 Å². The SMILES string of the molecule is O=C1C=C2C=C3\C=N/C=C\C=C/N3CC2[N+]([O-])=C1. The van der Waals surface area contributed by atoms with E-state index in [2.05, 4.69) is 4.99 Å². The molecule has 0 fully saturated rings. The number of rotatable bonds is 0. The van der Waals surface area contributed by atoms with Crippen LogP contribution in [0.5, 0.6) is 0 Å². The van der Waals surface area contributed by atoms with E-state index in [1.807, 2.05) is 29.3 Å². The van der Waals surface area contributed by atoms with E-state index >= 15 is 0 Å². The Morgan fingerprint density at radius 2 is 2.28 bits per heavy atom. The molecule has 0 aromatic heterocycles. The van der Waals surface area contributed by atoms with Crippen LogP contribution < -0.4 is 0 Å². The van der Waals surface area contributed by atoms with Crippen LogP contribution in [-0.4, -0.2) is 40.4 Å². The maximum Gasteiger partial charge on any atom is 0.243 e. The van der Waals surface area contributed by atoms with Gasteiger partial charge in [0.05, 0.1) is 18.5 Å². The first-order chi connectivity index (χ1) is 8.74. The van der Waals surface area contributed by atoms with Gasteiger partial charge in [0.1, 0.15) is 0 Å². The molecule has 5 nitrogen and oxygen atoms in total. The van der Waals surface area contributed by atoms with E-state index in [1.165, 1.54) is 6.08 Å². The Morgan fingerprint density at radius 1 is 1.39 bits per heavy atom. The predicted octanol–water partition coefficient (Wildman–Crippen LogP) is 0.756. The molecule has 0 aromatic carbocycles. The number of allylic oxidation sites excluding steroid dienone is 4. The third kappa shape index (κ3) is 1.79. The Morgan fingerprint density at radius 3 is 3.17 bits per heavy atom. The third-order valence-electron chi connectivity index (χ3n) is 3.03. The smallest absolute Gasteiger partial charge is 0.243 e. The summed E-state index contributed by atoms with van der Waals surface area (Å²) in [6.07, 6.45) is 13.4. The van der Waals surface area contributed by atoms with Crippen LogP contribution >= 0.6 is 0 Å². The van der Waals surface area contributed by atoms with Crippen molar-refractivity contribution in [2.45, 2.75) is 6.04 Å². The molecule has 0 bridgehead atoms. The molecule has 18 heavy (non-hydrogen) atoms. The van der Waals surface area contributed by atoms with Crippen LogP contribution in [0.15, 0.2) is 53.0 Å². The van der Waals surface area contributed by atoms with Crippen LogP contribution in [0.3, 0.4) is 0 Å². The lowest BCUT2D eigenvalue weighted by Gasteiger charge is -2.32. The number of carbonyl (C=O) groups is 1. The molecular formula is C13H11N3O2. The van der Waals surface area contributed by atoms with Gasteiger partial charge in [-0.25, -0.2) is 0 Å². The van der Waals surface area contributed by atoms with Gasteiger partial charge in [-0.05, 0) is 18.2 Å². The highest BCUT2D eigenvalue weighted by atomic mass is 16.5. The second kappa shape index (κ2) is 4.10. The molecule has 1 unspecified atom stereocenters. The monoisotopic (exact) mass is 241 g/mol. The van der Waals surface area contributed by atoms with Crippen molar-refractivity contribution in [2.75, 3.05) is 6.54 Å². The largest absolute Gasteiger partial charge is 0.623 e. The highest BCUT2D eigenvalue weighted by molar-refractivity contribution is 6.31. The summed E-state index contributed by atoms with van der Waals surface area (Å²) in [6.45, 7) is 0.515. The van der Waals surface area contributed by atoms with Crippen LogP contribution in [0.25, 0.3) is 0 Å². The summed E-state index contributed by atoms with van der Waals surface area (Å²) < 4.78 is 0.727. The molecule has 3 heterocycles. The van der Waals surface area contributed by atoms with Gasteiger partial charge >= 0.3 is 0 Å². The number of aliphatic imine (C=N–C) groups is 1. The number of carbonyl (C=O) groups excluding carboxylic acids is 1. The highest BCUT2D eigenvalue weighted by Gasteiger charge is 2.32. The fourth-order valence-electron chi connectivity index (χ4n) is 2.16. The summed E-state index contributed by atoms with van der Waals surface area (Å²) in [5.74, 6) is -0.264. The van der Waals surface area contributed by atoms with Crippen molar-refractivity contribution in [1.82, 2.24) is 4.90 Å². The molecule has 0 saturated carbocycles. The molecule has 3 aliphatic rings. The number of hydroxylamine groups is 1. The van der Waals surface area contributed by atoms with Gasteiger partial charge in [-0.3, -0.25) is 9.79 Å². The number of hydrogen-bond acceptors (Lipinski definition) is 4. The molecule has 0 saturated heterocycles. The molecule has 0 radical (unpaired) electrons. The topological polar surface area (TPSA) is 58.7 Å². The summed E-state index contributed by atoms with van der Waals surface area (Å²) >= 11 is 0. The maximum atomic E-state index is 11.7. The second-order valence-corrected chi connectivity index (χ2v) is 4.23. The van der Waals surface area contributed by atoms with Gasteiger partial charge in [-0.1, -0.05) is 0 Å². The summed E-state index contributed by atoms with van der Waals surface area (Å²) in [4.78, 5) is 17.4. The van der Waals surface area contributed by atoms with Crippen LogP contribution in [0.1, 0.15) is 0 Å². The lowest BCUT2D eigenvalue weighted by molar-refractivity contribution is -0.485. The van der Waals surface area contributed by atoms with Crippen molar-refractivity contribution < 1.29 is 9.53 Å². The van der Waals surface area contributed by atoms with E-state index in [0.717, 1.165) is 22.2 Å². The number of fused-ring (bicyclic) bond motifs is 2. The van der Waals surface area contributed by atoms with Gasteiger partial charge in [0.15, 0.2) is 0 Å². The second-order valence-electron chi connectivity index (χ2n) is 4.23. The van der Waals surface area contributed by atoms with Gasteiger partial charge in [0.2, 0.25) is 18.0 Å². The molecule has 3 rings (SSSR count). The quantitative estimate of drug-likeness (QED) is 0.464. The standard InChI is InChI=1S/C13H11N3O2/c17-12-6-10-5-11-7-14-3-1-2-4-15(11)9-13(10)16(18)8-12/h1-8,13H,9H2/b3-1-,4-2-,14-7-. The Labute approximate surface area is 104 Å². The van der Waals surface area contributed by atoms with Crippen LogP contribution in [0.4, 0.5) is 0 Å². The summed E-state index contributed by atoms with van der Waals surface area (Å²) in [5, 5.41) is 11.7. The summed E-state index contributed by atoms with van der Waals surface area (Å²) in [5.41, 5.74) is 1.62. The van der Waals surface area contributed by atoms with E-state index in [-0.39, 0.29) is 11.8 Å². The van der Waals surface area contributed by atoms with E-state index in [0.29, 0.717) is 6.54 Å². The van der Waals surface area contributed by atoms with Crippen molar-refractivity contribution in [2.24, 2.45) is 4.99 Å². The highest BCUT2D eigenvalue weighted by Crippen LogP contribution is 2.23. The number of ketones is 1. The van der Waals surface area contributed by atoms with Crippen molar-refractivity contribution in [3.8, 4) is 0 Å². The first kappa shape index (κ1) is 10.7. The minimum absolute atomic E-state index is 0.264. The summed E-state index contributed by atoms with van der Waals surface area (Å²) in [7, 11) is 0. The van der Waals surface area contributed by atoms with Crippen LogP contribution in [0.2, 0.25) is 0 Å². The lowest BCUT2D eigenvalue weighted by atomic mass is 9.97. The van der Waals surface area contributed by atoms with Crippen LogP contribution in [-0.2, 0) is 4.79 Å². The molecule has 1 atom stereocenters. The lowest BCUT2D eigenvalue weighted by Crippen LogP contribution is -2.42. The first-order valence-corrected chi connectivity index (χ1v) is 5.65. The van der Waals surface area contributed by atoms with E-state index < -0.39 is 0 Å². The van der Waals surface area contributed by atoms with Gasteiger partial charge in [-0.15, -0.1) is 0 Å². The zero-order chi connectivity index (χ0) is 12.5. The zero-order valence-corrected chi connectivity index (χ0v) is 9.56. The predicted molar refractivity (Wildman–Crippen MR) is 68.1 cm³/mol. The molecule has 90 valence electrons. The van der Waals surface area contributed by atoms with Crippen LogP contribution in [0, 0.1) is 5.21 Å². The van der Waals surface area contributed by atoms with Crippen molar-refractivity contribution in [3.63, 3.8) is 0 Å². The average Bonchev–Trinajstić information content (AvgIpc) is 2.29. The van der Waals surface area contributed by atoms with E-state index in [1.54, 1.807) is 12.4 Å². The molecule has 0 aromatic rings. The fourth-order valence-corrected chi connectivity index (χ4v) is 2.16. The normalized spacial score (nSPS) is 30.9. The Balaban J connectivity index is 2.04. The molecular weight excluding hydrogens is 230 g/mol. The Hall–Kier alpha value is -2.43. The molecule has 0 amide bonds. The van der Waals surface area contributed by atoms with Crippen molar-refractivity contribution >= 4 is 18.2 Å². The number of hydrogen-bond donors (Lipinski definition) is 0. The Bertz CT molecular complexity index is 579. The van der Waals surface area contributed by atoms with Crippen molar-refractivity contribution in [1.29, 1.82) is 0 Å². The van der Waals surface area contributed by atoms with Gasteiger partial charge in [0, 0.05) is 24.0 Å². The maximum absolute atomic E-state index is 11.7. The molecule has 0 spiro atoms. The average molecular weight is 241 g/mol. The minimum Gasteiger partial charge on any atom is -0.623 e. The Kier molecular flexibility index (Phi) is 2.44. The van der Waals surface area contributed by atoms with E-state index in [9.17, 15) is 10.0 Å². The third-order valence-corrected chi connectivity index (χ3v) is 3.03.